The Morgan fingerprint density at radius 2 is 2.26 bits per heavy atom. The lowest BCUT2D eigenvalue weighted by Crippen LogP contribution is -2.25. The summed E-state index contributed by atoms with van der Waals surface area (Å²) >= 11 is 0. The molecule has 118 valence electrons. The number of aromatic nitrogens is 3. The van der Waals surface area contributed by atoms with E-state index >= 15 is 0 Å². The van der Waals surface area contributed by atoms with Gasteiger partial charge in [0.2, 0.25) is 5.89 Å². The minimum absolute atomic E-state index is 0.138. The molecular weight excluding hydrogens is 299 g/mol. The normalized spacial score (nSPS) is 14.3. The van der Waals surface area contributed by atoms with Crippen molar-refractivity contribution in [1.82, 2.24) is 20.1 Å². The molecule has 2 aromatic heterocycles. The van der Waals surface area contributed by atoms with Crippen LogP contribution >= 0.6 is 0 Å². The van der Waals surface area contributed by atoms with Crippen molar-refractivity contribution in [3.8, 4) is 0 Å². The number of hydrogen-bond donors (Lipinski definition) is 1. The van der Waals surface area contributed by atoms with E-state index in [2.05, 4.69) is 15.4 Å². The largest absolute Gasteiger partial charge is 0.439 e. The third kappa shape index (κ3) is 2.69. The molecule has 0 bridgehead atoms. The number of carbonyl (C=O) groups is 1. The standard InChI is InChI=1S/C16H15FN4O2/c1-21-13(7-11(20-21)9-2-3-9)16(22)18-8-15-19-12-6-10(17)4-5-14(12)23-15/h4-7,9H,2-3,8H2,1H3,(H,18,22). The van der Waals surface area contributed by atoms with Crippen molar-refractivity contribution in [1.29, 1.82) is 0 Å². The first-order valence-corrected chi connectivity index (χ1v) is 7.47. The van der Waals surface area contributed by atoms with E-state index in [1.54, 1.807) is 11.7 Å². The van der Waals surface area contributed by atoms with E-state index in [1.165, 1.54) is 18.2 Å². The summed E-state index contributed by atoms with van der Waals surface area (Å²) in [5.74, 6) is 0.224. The second-order valence-electron chi connectivity index (χ2n) is 5.75. The number of carbonyl (C=O) groups excluding carboxylic acids is 1. The number of nitrogens with one attached hydrogen (secondary N) is 1. The van der Waals surface area contributed by atoms with Crippen LogP contribution in [-0.2, 0) is 13.6 Å². The molecule has 3 aromatic rings. The molecule has 0 unspecified atom stereocenters. The number of hydrogen-bond acceptors (Lipinski definition) is 4. The molecule has 2 heterocycles. The van der Waals surface area contributed by atoms with Crippen LogP contribution in [0.4, 0.5) is 4.39 Å². The first kappa shape index (κ1) is 13.9. The molecule has 1 amide bonds. The van der Waals surface area contributed by atoms with Crippen LogP contribution in [0.1, 0.15) is 40.8 Å². The van der Waals surface area contributed by atoms with Crippen molar-refractivity contribution in [2.75, 3.05) is 0 Å². The lowest BCUT2D eigenvalue weighted by molar-refractivity contribution is 0.0938. The van der Waals surface area contributed by atoms with E-state index in [1.807, 2.05) is 6.07 Å². The summed E-state index contributed by atoms with van der Waals surface area (Å²) < 4.78 is 20.2. The predicted octanol–water partition coefficient (Wildman–Crippen LogP) is 2.51. The Bertz CT molecular complexity index is 895. The van der Waals surface area contributed by atoms with Crippen LogP contribution in [0, 0.1) is 5.82 Å². The van der Waals surface area contributed by atoms with Gasteiger partial charge in [-0.3, -0.25) is 9.48 Å². The number of benzene rings is 1. The first-order valence-electron chi connectivity index (χ1n) is 7.47. The summed E-state index contributed by atoms with van der Waals surface area (Å²) in [6.45, 7) is 0.138. The lowest BCUT2D eigenvalue weighted by atomic mass is 10.2. The maximum atomic E-state index is 13.1. The van der Waals surface area contributed by atoms with E-state index in [0.29, 0.717) is 28.6 Å². The molecular formula is C16H15FN4O2. The highest BCUT2D eigenvalue weighted by molar-refractivity contribution is 5.92. The number of nitrogens with zero attached hydrogens (tertiary/aromatic N) is 3. The third-order valence-corrected chi connectivity index (χ3v) is 3.92. The molecule has 4 rings (SSSR count). The van der Waals surface area contributed by atoms with Crippen molar-refractivity contribution in [2.45, 2.75) is 25.3 Å². The molecule has 0 saturated heterocycles. The van der Waals surface area contributed by atoms with E-state index in [9.17, 15) is 9.18 Å². The number of amides is 1. The maximum Gasteiger partial charge on any atom is 0.269 e. The fourth-order valence-electron chi connectivity index (χ4n) is 2.55. The zero-order valence-electron chi connectivity index (χ0n) is 12.5. The smallest absolute Gasteiger partial charge is 0.269 e. The molecule has 23 heavy (non-hydrogen) atoms. The molecule has 0 spiro atoms. The second-order valence-corrected chi connectivity index (χ2v) is 5.75. The van der Waals surface area contributed by atoms with Crippen molar-refractivity contribution in [3.63, 3.8) is 0 Å². The van der Waals surface area contributed by atoms with Gasteiger partial charge in [-0.05, 0) is 31.0 Å². The van der Waals surface area contributed by atoms with Gasteiger partial charge in [-0.2, -0.15) is 5.10 Å². The summed E-state index contributed by atoms with van der Waals surface area (Å²) in [5, 5.41) is 7.12. The fourth-order valence-corrected chi connectivity index (χ4v) is 2.55. The van der Waals surface area contributed by atoms with Crippen LogP contribution in [0.2, 0.25) is 0 Å². The van der Waals surface area contributed by atoms with Crippen molar-refractivity contribution < 1.29 is 13.6 Å². The highest BCUT2D eigenvalue weighted by Gasteiger charge is 2.28. The number of oxazole rings is 1. The SMILES string of the molecule is Cn1nc(C2CC2)cc1C(=O)NCc1nc2cc(F)ccc2o1. The van der Waals surface area contributed by atoms with Crippen LogP contribution in [0.3, 0.4) is 0 Å². The van der Waals surface area contributed by atoms with Crippen LogP contribution < -0.4 is 5.32 Å². The van der Waals surface area contributed by atoms with Crippen LogP contribution in [-0.4, -0.2) is 20.7 Å². The Kier molecular flexibility index (Phi) is 3.14. The molecule has 1 saturated carbocycles. The highest BCUT2D eigenvalue weighted by Crippen LogP contribution is 2.39. The molecule has 1 aliphatic carbocycles. The Labute approximate surface area is 131 Å². The molecule has 1 N–H and O–H groups in total. The zero-order valence-corrected chi connectivity index (χ0v) is 12.5. The summed E-state index contributed by atoms with van der Waals surface area (Å²) in [6, 6.07) is 5.96. The molecule has 0 radical (unpaired) electrons. The minimum Gasteiger partial charge on any atom is -0.439 e. The predicted molar refractivity (Wildman–Crippen MR) is 80.3 cm³/mol. The van der Waals surface area contributed by atoms with Crippen LogP contribution in [0.25, 0.3) is 11.1 Å². The van der Waals surface area contributed by atoms with E-state index < -0.39 is 0 Å². The van der Waals surface area contributed by atoms with Gasteiger partial charge in [0.25, 0.3) is 5.91 Å². The average molecular weight is 314 g/mol. The Hall–Kier alpha value is -2.70. The van der Waals surface area contributed by atoms with Gasteiger partial charge in [0.15, 0.2) is 5.58 Å². The summed E-state index contributed by atoms with van der Waals surface area (Å²) in [5.41, 5.74) is 2.40. The third-order valence-electron chi connectivity index (χ3n) is 3.92. The maximum absolute atomic E-state index is 13.1. The Balaban J connectivity index is 1.47. The van der Waals surface area contributed by atoms with Crippen LogP contribution in [0.5, 0.6) is 0 Å². The topological polar surface area (TPSA) is 73.0 Å². The molecule has 0 aliphatic heterocycles. The van der Waals surface area contributed by atoms with E-state index in [-0.39, 0.29) is 18.3 Å². The van der Waals surface area contributed by atoms with Crippen molar-refractivity contribution >= 4 is 17.0 Å². The minimum atomic E-state index is -0.371. The Morgan fingerprint density at radius 1 is 1.43 bits per heavy atom. The van der Waals surface area contributed by atoms with Crippen molar-refractivity contribution in [3.05, 3.63) is 47.4 Å². The number of fused-ring (bicyclic) bond motifs is 1. The zero-order chi connectivity index (χ0) is 16.0. The van der Waals surface area contributed by atoms with Gasteiger partial charge in [-0.25, -0.2) is 9.37 Å². The van der Waals surface area contributed by atoms with Crippen molar-refractivity contribution in [2.24, 2.45) is 7.05 Å². The number of halogens is 1. The van der Waals surface area contributed by atoms with Crippen LogP contribution in [0.15, 0.2) is 28.7 Å². The van der Waals surface area contributed by atoms with Gasteiger partial charge in [0, 0.05) is 19.0 Å². The number of rotatable bonds is 4. The van der Waals surface area contributed by atoms with Gasteiger partial charge in [0.05, 0.1) is 12.2 Å². The highest BCUT2D eigenvalue weighted by atomic mass is 19.1. The van der Waals surface area contributed by atoms with Gasteiger partial charge < -0.3 is 9.73 Å². The average Bonchev–Trinajstić information content (AvgIpc) is 3.18. The molecule has 0 atom stereocenters. The van der Waals surface area contributed by atoms with Gasteiger partial charge >= 0.3 is 0 Å². The molecule has 1 aromatic carbocycles. The second kappa shape index (κ2) is 5.19. The first-order chi connectivity index (χ1) is 11.1. The van der Waals surface area contributed by atoms with Gasteiger partial charge in [-0.1, -0.05) is 0 Å². The molecule has 1 fully saturated rings. The molecule has 1 aliphatic rings. The van der Waals surface area contributed by atoms with Gasteiger partial charge in [0.1, 0.15) is 17.0 Å². The monoisotopic (exact) mass is 314 g/mol. The quantitative estimate of drug-likeness (QED) is 0.803. The summed E-state index contributed by atoms with van der Waals surface area (Å²) in [4.78, 5) is 16.4. The number of aryl methyl sites for hydroxylation is 1. The van der Waals surface area contributed by atoms with E-state index in [0.717, 1.165) is 18.5 Å². The summed E-state index contributed by atoms with van der Waals surface area (Å²) in [6.07, 6.45) is 2.27. The summed E-state index contributed by atoms with van der Waals surface area (Å²) in [7, 11) is 1.75. The lowest BCUT2D eigenvalue weighted by Gasteiger charge is -2.02. The molecule has 7 heteroatoms. The van der Waals surface area contributed by atoms with E-state index in [4.69, 9.17) is 4.42 Å². The fraction of sp³-hybridized carbons (Fsp3) is 0.312. The molecule has 6 nitrogen and oxygen atoms in total. The Morgan fingerprint density at radius 3 is 3.04 bits per heavy atom. The van der Waals surface area contributed by atoms with Gasteiger partial charge in [-0.15, -0.1) is 0 Å².